The maximum atomic E-state index is 12.7. The van der Waals surface area contributed by atoms with E-state index in [1.54, 1.807) is 4.90 Å². The summed E-state index contributed by atoms with van der Waals surface area (Å²) < 4.78 is 4.22. The van der Waals surface area contributed by atoms with Gasteiger partial charge in [0, 0.05) is 43.7 Å². The Morgan fingerprint density at radius 3 is 2.52 bits per heavy atom. The first-order chi connectivity index (χ1) is 10.9. The summed E-state index contributed by atoms with van der Waals surface area (Å²) in [5.74, 6) is 0.934. The van der Waals surface area contributed by atoms with Gasteiger partial charge in [0.25, 0.3) is 0 Å². The predicted molar refractivity (Wildman–Crippen MR) is 93.1 cm³/mol. The van der Waals surface area contributed by atoms with E-state index in [4.69, 9.17) is 11.6 Å². The number of anilines is 1. The van der Waals surface area contributed by atoms with Crippen molar-refractivity contribution >= 4 is 34.2 Å². The first-order valence-electron chi connectivity index (χ1n) is 7.41. The molecule has 7 heteroatoms. The topological polar surface area (TPSA) is 49.3 Å². The molecule has 3 rings (SSSR count). The molecule has 0 atom stereocenters. The first-order valence-corrected chi connectivity index (χ1v) is 8.56. The SMILES string of the molecule is Cc1nsc(N2CC(Cc3ccc(Cl)cc3)(C(=O)N(C)C)C2)n1. The highest BCUT2D eigenvalue weighted by Gasteiger charge is 2.50. The van der Waals surface area contributed by atoms with Crippen LogP contribution in [0.25, 0.3) is 0 Å². The van der Waals surface area contributed by atoms with E-state index in [9.17, 15) is 4.79 Å². The number of carbonyl (C=O) groups is 1. The van der Waals surface area contributed by atoms with E-state index in [0.717, 1.165) is 16.5 Å². The van der Waals surface area contributed by atoms with E-state index in [1.807, 2.05) is 45.3 Å². The second-order valence-corrected chi connectivity index (χ2v) is 7.43. The van der Waals surface area contributed by atoms with Crippen molar-refractivity contribution < 1.29 is 4.79 Å². The molecule has 1 saturated heterocycles. The van der Waals surface area contributed by atoms with Gasteiger partial charge in [-0.1, -0.05) is 23.7 Å². The Balaban J connectivity index is 1.80. The van der Waals surface area contributed by atoms with E-state index < -0.39 is 5.41 Å². The lowest BCUT2D eigenvalue weighted by Gasteiger charge is -2.49. The van der Waals surface area contributed by atoms with Crippen molar-refractivity contribution in [3.05, 3.63) is 40.7 Å². The monoisotopic (exact) mass is 350 g/mol. The van der Waals surface area contributed by atoms with Gasteiger partial charge < -0.3 is 9.80 Å². The summed E-state index contributed by atoms with van der Waals surface area (Å²) in [6.07, 6.45) is 0.704. The number of benzene rings is 1. The molecule has 1 aromatic carbocycles. The molecule has 122 valence electrons. The molecule has 1 aliphatic heterocycles. The Morgan fingerprint density at radius 1 is 1.35 bits per heavy atom. The number of amides is 1. The molecular formula is C16H19ClN4OS. The van der Waals surface area contributed by atoms with Crippen LogP contribution in [0.15, 0.2) is 24.3 Å². The minimum absolute atomic E-state index is 0.157. The molecule has 1 aromatic heterocycles. The summed E-state index contributed by atoms with van der Waals surface area (Å²) in [6, 6.07) is 7.72. The molecular weight excluding hydrogens is 332 g/mol. The first kappa shape index (κ1) is 16.2. The Bertz CT molecular complexity index is 707. The number of nitrogens with zero attached hydrogens (tertiary/aromatic N) is 4. The van der Waals surface area contributed by atoms with Crippen LogP contribution >= 0.6 is 23.1 Å². The smallest absolute Gasteiger partial charge is 0.232 e. The summed E-state index contributed by atoms with van der Waals surface area (Å²) in [5.41, 5.74) is 0.717. The van der Waals surface area contributed by atoms with Crippen molar-refractivity contribution in [2.75, 3.05) is 32.1 Å². The molecule has 0 radical (unpaired) electrons. The van der Waals surface area contributed by atoms with Crippen LogP contribution in [0, 0.1) is 12.3 Å². The quantitative estimate of drug-likeness (QED) is 0.850. The molecule has 1 fully saturated rings. The van der Waals surface area contributed by atoms with E-state index in [0.29, 0.717) is 24.5 Å². The van der Waals surface area contributed by atoms with E-state index in [2.05, 4.69) is 14.3 Å². The van der Waals surface area contributed by atoms with Crippen molar-refractivity contribution in [1.82, 2.24) is 14.3 Å². The normalized spacial score (nSPS) is 16.1. The van der Waals surface area contributed by atoms with Crippen molar-refractivity contribution in [3.63, 3.8) is 0 Å². The number of carbonyl (C=O) groups excluding carboxylic acids is 1. The number of rotatable bonds is 4. The third kappa shape index (κ3) is 3.19. The summed E-state index contributed by atoms with van der Waals surface area (Å²) in [7, 11) is 3.62. The largest absolute Gasteiger partial charge is 0.348 e. The van der Waals surface area contributed by atoms with Crippen LogP contribution in [0.2, 0.25) is 5.02 Å². The maximum absolute atomic E-state index is 12.7. The third-order valence-corrected chi connectivity index (χ3v) is 5.21. The second-order valence-electron chi connectivity index (χ2n) is 6.26. The van der Waals surface area contributed by atoms with Crippen LogP contribution in [0.1, 0.15) is 11.4 Å². The lowest BCUT2D eigenvalue weighted by Crippen LogP contribution is -2.64. The fraction of sp³-hybridized carbons (Fsp3) is 0.438. The van der Waals surface area contributed by atoms with E-state index in [1.165, 1.54) is 11.5 Å². The van der Waals surface area contributed by atoms with Gasteiger partial charge in [0.05, 0.1) is 5.41 Å². The highest BCUT2D eigenvalue weighted by molar-refractivity contribution is 7.09. The standard InChI is InChI=1S/C16H19ClN4OS/c1-11-18-15(23-19-11)21-9-16(10-21,14(22)20(2)3)8-12-4-6-13(17)7-5-12/h4-7H,8-10H2,1-3H3. The third-order valence-electron chi connectivity index (χ3n) is 4.09. The maximum Gasteiger partial charge on any atom is 0.232 e. The van der Waals surface area contributed by atoms with Gasteiger partial charge in [-0.05, 0) is 31.0 Å². The molecule has 1 aliphatic rings. The number of halogens is 1. The average molecular weight is 351 g/mol. The van der Waals surface area contributed by atoms with Gasteiger partial charge in [-0.15, -0.1) is 0 Å². The van der Waals surface area contributed by atoms with Gasteiger partial charge in [0.15, 0.2) is 0 Å². The molecule has 5 nitrogen and oxygen atoms in total. The van der Waals surface area contributed by atoms with Crippen LogP contribution in [-0.2, 0) is 11.2 Å². The number of aromatic nitrogens is 2. The Hall–Kier alpha value is -1.66. The van der Waals surface area contributed by atoms with Gasteiger partial charge in [0.1, 0.15) is 5.82 Å². The van der Waals surface area contributed by atoms with E-state index in [-0.39, 0.29) is 5.91 Å². The van der Waals surface area contributed by atoms with Crippen LogP contribution in [0.5, 0.6) is 0 Å². The lowest BCUT2D eigenvalue weighted by molar-refractivity contribution is -0.141. The fourth-order valence-electron chi connectivity index (χ4n) is 3.02. The zero-order valence-electron chi connectivity index (χ0n) is 13.4. The number of hydrogen-bond donors (Lipinski definition) is 0. The fourth-order valence-corrected chi connectivity index (χ4v) is 3.82. The van der Waals surface area contributed by atoms with Crippen LogP contribution in [0.3, 0.4) is 0 Å². The molecule has 0 spiro atoms. The summed E-state index contributed by atoms with van der Waals surface area (Å²) >= 11 is 7.34. The van der Waals surface area contributed by atoms with Crippen molar-refractivity contribution in [1.29, 1.82) is 0 Å². The molecule has 1 amide bonds. The zero-order valence-corrected chi connectivity index (χ0v) is 15.0. The van der Waals surface area contributed by atoms with Gasteiger partial charge in [-0.3, -0.25) is 4.79 Å². The Labute approximate surface area is 145 Å². The molecule has 0 saturated carbocycles. The molecule has 2 aromatic rings. The highest BCUT2D eigenvalue weighted by Crippen LogP contribution is 2.39. The lowest BCUT2D eigenvalue weighted by atomic mass is 9.73. The van der Waals surface area contributed by atoms with Crippen molar-refractivity contribution in [2.24, 2.45) is 5.41 Å². The molecule has 0 bridgehead atoms. The summed E-state index contributed by atoms with van der Waals surface area (Å²) in [5, 5.41) is 1.60. The number of aryl methyl sites for hydroxylation is 1. The van der Waals surface area contributed by atoms with Crippen LogP contribution in [0.4, 0.5) is 5.13 Å². The number of hydrogen-bond acceptors (Lipinski definition) is 5. The van der Waals surface area contributed by atoms with Gasteiger partial charge in [0.2, 0.25) is 11.0 Å². The average Bonchev–Trinajstić information content (AvgIpc) is 2.90. The van der Waals surface area contributed by atoms with Gasteiger partial charge >= 0.3 is 0 Å². The molecule has 0 N–H and O–H groups in total. The predicted octanol–water partition coefficient (Wildman–Crippen LogP) is 2.64. The Kier molecular flexibility index (Phi) is 4.29. The molecule has 0 aliphatic carbocycles. The van der Waals surface area contributed by atoms with Crippen LogP contribution < -0.4 is 4.90 Å². The van der Waals surface area contributed by atoms with Crippen molar-refractivity contribution in [2.45, 2.75) is 13.3 Å². The minimum Gasteiger partial charge on any atom is -0.348 e. The van der Waals surface area contributed by atoms with Crippen molar-refractivity contribution in [3.8, 4) is 0 Å². The van der Waals surface area contributed by atoms with Crippen LogP contribution in [-0.4, -0.2) is 47.3 Å². The second kappa shape index (κ2) is 6.09. The summed E-state index contributed by atoms with van der Waals surface area (Å²) in [4.78, 5) is 21.0. The zero-order chi connectivity index (χ0) is 16.6. The molecule has 2 heterocycles. The molecule has 23 heavy (non-hydrogen) atoms. The van der Waals surface area contributed by atoms with Gasteiger partial charge in [-0.25, -0.2) is 4.98 Å². The minimum atomic E-state index is -0.406. The molecule has 0 unspecified atom stereocenters. The van der Waals surface area contributed by atoms with E-state index >= 15 is 0 Å². The highest BCUT2D eigenvalue weighted by atomic mass is 35.5. The van der Waals surface area contributed by atoms with Gasteiger partial charge in [-0.2, -0.15) is 4.37 Å². The summed E-state index contributed by atoms with van der Waals surface area (Å²) in [6.45, 7) is 3.22. The Morgan fingerprint density at radius 2 is 2.00 bits per heavy atom.